The van der Waals surface area contributed by atoms with Crippen LogP contribution in [0.1, 0.15) is 40.9 Å². The monoisotopic (exact) mass is 498 g/mol. The second kappa shape index (κ2) is 9.64. The first-order valence-corrected chi connectivity index (χ1v) is 12.3. The van der Waals surface area contributed by atoms with Crippen LogP contribution in [0.4, 0.5) is 11.5 Å². The zero-order valence-corrected chi connectivity index (χ0v) is 20.9. The van der Waals surface area contributed by atoms with Gasteiger partial charge in [0.15, 0.2) is 0 Å². The number of ether oxygens (including phenoxy) is 1. The molecule has 0 atom stereocenters. The number of fused-ring (bicyclic) bond motifs is 1. The number of carbonyl (C=O) groups is 1. The van der Waals surface area contributed by atoms with E-state index in [0.717, 1.165) is 28.2 Å². The average Bonchev–Trinajstić information content (AvgIpc) is 2.91. The van der Waals surface area contributed by atoms with Crippen molar-refractivity contribution in [3.8, 4) is 17.3 Å². The van der Waals surface area contributed by atoms with Crippen molar-refractivity contribution < 1.29 is 19.4 Å². The molecule has 9 nitrogen and oxygen atoms in total. The van der Waals surface area contributed by atoms with Crippen molar-refractivity contribution in [2.75, 3.05) is 31.1 Å². The first-order chi connectivity index (χ1) is 17.8. The van der Waals surface area contributed by atoms with Crippen LogP contribution in [0, 0.1) is 21.4 Å². The lowest BCUT2D eigenvalue weighted by Crippen LogP contribution is -2.50. The number of amides is 1. The maximum atomic E-state index is 13.0. The molecule has 3 aromatic rings. The summed E-state index contributed by atoms with van der Waals surface area (Å²) in [5.74, 6) is 0.605. The van der Waals surface area contributed by atoms with Gasteiger partial charge in [-0.1, -0.05) is 30.3 Å². The number of pyridine rings is 1. The van der Waals surface area contributed by atoms with Crippen molar-refractivity contribution in [3.05, 3.63) is 87.0 Å². The van der Waals surface area contributed by atoms with Crippen LogP contribution in [0.15, 0.2) is 54.6 Å². The fraction of sp³-hybridized carbons (Fsp3) is 0.321. The van der Waals surface area contributed by atoms with Crippen molar-refractivity contribution in [2.24, 2.45) is 0 Å². The van der Waals surface area contributed by atoms with Gasteiger partial charge in [0, 0.05) is 35.2 Å². The lowest BCUT2D eigenvalue weighted by Gasteiger charge is -2.35. The van der Waals surface area contributed by atoms with Gasteiger partial charge in [0.2, 0.25) is 0 Å². The molecular weight excluding hydrogens is 470 g/mol. The van der Waals surface area contributed by atoms with Crippen LogP contribution in [0.25, 0.3) is 11.3 Å². The van der Waals surface area contributed by atoms with Crippen molar-refractivity contribution in [3.63, 3.8) is 0 Å². The highest BCUT2D eigenvalue weighted by molar-refractivity contribution is 5.94. The molecule has 2 aromatic carbocycles. The number of carbonyl (C=O) groups excluding carboxylic acids is 1. The molecule has 2 aliphatic heterocycles. The van der Waals surface area contributed by atoms with Crippen LogP contribution in [-0.4, -0.2) is 47.5 Å². The standard InChI is InChI=1S/C28H27N5O4/c1-28(2)16-22-23(17-29)26(30-25(24(22)18-37-28)19-6-4-3-5-7-19)31-12-14-32(15-13-31)27(34)20-8-10-21(11-9-20)33(35)36/h3-11H,12-16,18H2,1-2H3/p+1. The number of benzene rings is 2. The quantitative estimate of drug-likeness (QED) is 0.400. The second-order valence-corrected chi connectivity index (χ2v) is 9.97. The van der Waals surface area contributed by atoms with Crippen LogP contribution in [0.5, 0.6) is 0 Å². The van der Waals surface area contributed by atoms with E-state index in [0.29, 0.717) is 50.3 Å². The Morgan fingerprint density at radius 1 is 1.05 bits per heavy atom. The fourth-order valence-electron chi connectivity index (χ4n) is 5.05. The Morgan fingerprint density at radius 2 is 1.73 bits per heavy atom. The topological polar surface area (TPSA) is 114 Å². The summed E-state index contributed by atoms with van der Waals surface area (Å²) < 4.78 is 6.12. The molecule has 0 radical (unpaired) electrons. The Balaban J connectivity index is 1.44. The summed E-state index contributed by atoms with van der Waals surface area (Å²) in [7, 11) is 0. The van der Waals surface area contributed by atoms with Gasteiger partial charge in [-0.3, -0.25) is 19.8 Å². The number of rotatable bonds is 4. The predicted octanol–water partition coefficient (Wildman–Crippen LogP) is 3.76. The number of nitrogens with zero attached hydrogens (tertiary/aromatic N) is 4. The minimum absolute atomic E-state index is 0.0452. The molecule has 0 unspecified atom stereocenters. The second-order valence-electron chi connectivity index (χ2n) is 9.97. The number of aromatic amines is 1. The number of nitrogens with one attached hydrogen (secondary N) is 1. The Bertz CT molecular complexity index is 1390. The van der Waals surface area contributed by atoms with Crippen LogP contribution in [0.3, 0.4) is 0 Å². The van der Waals surface area contributed by atoms with Crippen LogP contribution >= 0.6 is 0 Å². The SMILES string of the molecule is CC1(C)Cc2c(C#N)c(N3CCN(C(=O)c4ccc([N+](=O)[O-])cc4)CC3)[nH+]c(-c3ccccc3)c2CO1. The molecule has 188 valence electrons. The van der Waals surface area contributed by atoms with Gasteiger partial charge in [-0.05, 0) is 31.5 Å². The molecule has 0 saturated carbocycles. The molecule has 1 N–H and O–H groups in total. The Kier molecular flexibility index (Phi) is 6.36. The summed E-state index contributed by atoms with van der Waals surface area (Å²) in [6.45, 7) is 6.56. The number of piperazine rings is 1. The molecule has 3 heterocycles. The summed E-state index contributed by atoms with van der Waals surface area (Å²) in [4.78, 5) is 30.9. The number of hydrogen-bond donors (Lipinski definition) is 0. The normalized spacial score (nSPS) is 16.6. The van der Waals surface area contributed by atoms with Gasteiger partial charge in [-0.2, -0.15) is 5.26 Å². The van der Waals surface area contributed by atoms with E-state index in [4.69, 9.17) is 4.74 Å². The first-order valence-electron chi connectivity index (χ1n) is 12.3. The van der Waals surface area contributed by atoms with E-state index in [1.54, 1.807) is 4.90 Å². The molecule has 1 aromatic heterocycles. The minimum Gasteiger partial charge on any atom is -0.370 e. The Labute approximate surface area is 215 Å². The summed E-state index contributed by atoms with van der Waals surface area (Å²) in [6, 6.07) is 18.2. The van der Waals surface area contributed by atoms with Gasteiger partial charge in [0.1, 0.15) is 30.4 Å². The van der Waals surface area contributed by atoms with E-state index in [1.807, 2.05) is 44.2 Å². The van der Waals surface area contributed by atoms with Crippen LogP contribution in [0.2, 0.25) is 0 Å². The third-order valence-electron chi connectivity index (χ3n) is 7.04. The number of hydrogen-bond acceptors (Lipinski definition) is 6. The average molecular weight is 499 g/mol. The zero-order chi connectivity index (χ0) is 26.2. The predicted molar refractivity (Wildman–Crippen MR) is 137 cm³/mol. The number of non-ortho nitro benzene ring substituents is 1. The van der Waals surface area contributed by atoms with Gasteiger partial charge in [0.05, 0.1) is 30.2 Å². The number of nitro groups is 1. The van der Waals surface area contributed by atoms with Crippen LogP contribution in [-0.2, 0) is 17.8 Å². The highest BCUT2D eigenvalue weighted by atomic mass is 16.6. The summed E-state index contributed by atoms with van der Waals surface area (Å²) in [5, 5.41) is 21.2. The maximum Gasteiger partial charge on any atom is 0.293 e. The lowest BCUT2D eigenvalue weighted by atomic mass is 9.86. The van der Waals surface area contributed by atoms with Crippen LogP contribution < -0.4 is 9.88 Å². The van der Waals surface area contributed by atoms with Gasteiger partial charge >= 0.3 is 0 Å². The summed E-state index contributed by atoms with van der Waals surface area (Å²) in [5.41, 5.74) is 4.63. The fourth-order valence-corrected chi connectivity index (χ4v) is 5.05. The minimum atomic E-state index is -0.480. The molecule has 0 aliphatic carbocycles. The maximum absolute atomic E-state index is 13.0. The third kappa shape index (κ3) is 4.76. The largest absolute Gasteiger partial charge is 0.370 e. The first kappa shape index (κ1) is 24.4. The number of anilines is 1. The summed E-state index contributed by atoms with van der Waals surface area (Å²) in [6.07, 6.45) is 0.630. The van der Waals surface area contributed by atoms with E-state index in [-0.39, 0.29) is 17.2 Å². The molecule has 37 heavy (non-hydrogen) atoms. The molecular formula is C28H28N5O4+. The van der Waals surface area contributed by atoms with E-state index >= 15 is 0 Å². The highest BCUT2D eigenvalue weighted by Crippen LogP contribution is 2.37. The molecule has 0 bridgehead atoms. The molecule has 1 amide bonds. The van der Waals surface area contributed by atoms with Crippen molar-refractivity contribution in [1.82, 2.24) is 4.90 Å². The third-order valence-corrected chi connectivity index (χ3v) is 7.04. The number of nitro benzene ring substituents is 1. The number of aromatic nitrogens is 1. The van der Waals surface area contributed by atoms with Crippen molar-refractivity contribution >= 4 is 17.4 Å². The van der Waals surface area contributed by atoms with Gasteiger partial charge in [-0.25, -0.2) is 4.98 Å². The molecule has 2 aliphatic rings. The van der Waals surface area contributed by atoms with Gasteiger partial charge in [0.25, 0.3) is 17.4 Å². The van der Waals surface area contributed by atoms with Gasteiger partial charge < -0.3 is 9.64 Å². The van der Waals surface area contributed by atoms with E-state index < -0.39 is 4.92 Å². The zero-order valence-electron chi connectivity index (χ0n) is 20.9. The van der Waals surface area contributed by atoms with Gasteiger partial charge in [-0.15, -0.1) is 0 Å². The molecule has 5 rings (SSSR count). The smallest absolute Gasteiger partial charge is 0.293 e. The van der Waals surface area contributed by atoms with Crippen molar-refractivity contribution in [1.29, 1.82) is 5.26 Å². The molecule has 1 saturated heterocycles. The number of nitriles is 1. The molecule has 0 spiro atoms. The van der Waals surface area contributed by atoms with E-state index in [2.05, 4.69) is 16.0 Å². The Hall–Kier alpha value is -4.29. The van der Waals surface area contributed by atoms with Crippen molar-refractivity contribution in [2.45, 2.75) is 32.5 Å². The molecule has 1 fully saturated rings. The summed E-state index contributed by atoms with van der Waals surface area (Å²) >= 11 is 0. The van der Waals surface area contributed by atoms with E-state index in [1.165, 1.54) is 24.3 Å². The molecule has 9 heteroatoms. The lowest BCUT2D eigenvalue weighted by molar-refractivity contribution is -0.384. The van der Waals surface area contributed by atoms with E-state index in [9.17, 15) is 20.2 Å². The Morgan fingerprint density at radius 3 is 2.35 bits per heavy atom. The number of H-pyrrole nitrogens is 1. The highest BCUT2D eigenvalue weighted by Gasteiger charge is 2.37.